The summed E-state index contributed by atoms with van der Waals surface area (Å²) in [5.74, 6) is 0.922. The van der Waals surface area contributed by atoms with Crippen LogP contribution in [0.4, 0.5) is 0 Å². The number of hydrogen-bond donors (Lipinski definition) is 1. The van der Waals surface area contributed by atoms with Crippen LogP contribution in [0, 0.1) is 5.92 Å². The molecule has 1 unspecified atom stereocenters. The third kappa shape index (κ3) is 4.62. The van der Waals surface area contributed by atoms with Crippen molar-refractivity contribution in [2.45, 2.75) is 13.3 Å². The minimum absolute atomic E-state index is 0.124. The van der Waals surface area contributed by atoms with Gasteiger partial charge in [-0.1, -0.05) is 13.0 Å². The zero-order valence-corrected chi connectivity index (χ0v) is 11.4. The highest BCUT2D eigenvalue weighted by Crippen LogP contribution is 2.27. The predicted molar refractivity (Wildman–Crippen MR) is 71.5 cm³/mol. The number of ether oxygens (including phenoxy) is 2. The van der Waals surface area contributed by atoms with Crippen molar-refractivity contribution >= 4 is 12.2 Å². The molecule has 1 N–H and O–H groups in total. The van der Waals surface area contributed by atoms with E-state index in [2.05, 4.69) is 5.32 Å². The number of nitrogens with one attached hydrogen (secondary N) is 1. The van der Waals surface area contributed by atoms with Crippen LogP contribution in [0.3, 0.4) is 0 Å². The maximum atomic E-state index is 11.7. The zero-order chi connectivity index (χ0) is 14.3. The maximum Gasteiger partial charge on any atom is 0.224 e. The van der Waals surface area contributed by atoms with E-state index in [0.717, 1.165) is 11.8 Å². The first-order valence-electron chi connectivity index (χ1n) is 6.03. The summed E-state index contributed by atoms with van der Waals surface area (Å²) in [4.78, 5) is 22.1. The van der Waals surface area contributed by atoms with E-state index in [9.17, 15) is 9.59 Å². The molecule has 0 saturated carbocycles. The van der Waals surface area contributed by atoms with E-state index in [1.54, 1.807) is 33.3 Å². The molecule has 0 aromatic heterocycles. The van der Waals surface area contributed by atoms with Crippen LogP contribution in [0.25, 0.3) is 0 Å². The minimum Gasteiger partial charge on any atom is -0.493 e. The highest BCUT2D eigenvalue weighted by molar-refractivity contribution is 5.79. The molecule has 0 aliphatic carbocycles. The van der Waals surface area contributed by atoms with Crippen molar-refractivity contribution in [2.24, 2.45) is 5.92 Å². The number of carbonyl (C=O) groups excluding carboxylic acids is 2. The summed E-state index contributed by atoms with van der Waals surface area (Å²) in [6, 6.07) is 5.33. The van der Waals surface area contributed by atoms with Gasteiger partial charge in [0.15, 0.2) is 11.5 Å². The number of amides is 1. The molecule has 0 radical (unpaired) electrons. The van der Waals surface area contributed by atoms with E-state index in [4.69, 9.17) is 9.47 Å². The van der Waals surface area contributed by atoms with Crippen LogP contribution in [0.5, 0.6) is 11.5 Å². The van der Waals surface area contributed by atoms with Crippen LogP contribution in [0.15, 0.2) is 18.2 Å². The fourth-order valence-electron chi connectivity index (χ4n) is 1.56. The van der Waals surface area contributed by atoms with Gasteiger partial charge >= 0.3 is 0 Å². The van der Waals surface area contributed by atoms with Gasteiger partial charge in [-0.2, -0.15) is 0 Å². The van der Waals surface area contributed by atoms with Crippen LogP contribution in [-0.2, 0) is 16.0 Å². The summed E-state index contributed by atoms with van der Waals surface area (Å²) in [7, 11) is 3.11. The Morgan fingerprint density at radius 1 is 1.32 bits per heavy atom. The first-order valence-corrected chi connectivity index (χ1v) is 6.03. The Labute approximate surface area is 112 Å². The summed E-state index contributed by atoms with van der Waals surface area (Å²) in [5.41, 5.74) is 0.828. The minimum atomic E-state index is -0.172. The van der Waals surface area contributed by atoms with E-state index in [0.29, 0.717) is 18.0 Å². The average Bonchev–Trinajstić information content (AvgIpc) is 2.44. The van der Waals surface area contributed by atoms with Gasteiger partial charge in [-0.3, -0.25) is 4.79 Å². The van der Waals surface area contributed by atoms with Gasteiger partial charge < -0.3 is 19.6 Å². The Bertz CT molecular complexity index is 445. The van der Waals surface area contributed by atoms with Gasteiger partial charge in [0.05, 0.1) is 20.6 Å². The van der Waals surface area contributed by atoms with Crippen LogP contribution in [-0.4, -0.2) is 33.0 Å². The second-order valence-corrected chi connectivity index (χ2v) is 4.28. The van der Waals surface area contributed by atoms with Crippen molar-refractivity contribution in [1.29, 1.82) is 0 Å². The Morgan fingerprint density at radius 2 is 2.00 bits per heavy atom. The first kappa shape index (κ1) is 15.0. The van der Waals surface area contributed by atoms with Crippen molar-refractivity contribution in [1.82, 2.24) is 5.32 Å². The van der Waals surface area contributed by atoms with Gasteiger partial charge in [0.1, 0.15) is 6.29 Å². The van der Waals surface area contributed by atoms with E-state index >= 15 is 0 Å². The van der Waals surface area contributed by atoms with Crippen molar-refractivity contribution in [2.75, 3.05) is 20.8 Å². The fraction of sp³-hybridized carbons (Fsp3) is 0.429. The molecule has 104 valence electrons. The topological polar surface area (TPSA) is 64.6 Å². The van der Waals surface area contributed by atoms with Gasteiger partial charge in [0, 0.05) is 12.5 Å². The number of methoxy groups -OCH3 is 2. The summed E-state index contributed by atoms with van der Waals surface area (Å²) in [6.45, 7) is 2.11. The number of benzene rings is 1. The molecule has 1 aromatic carbocycles. The molecule has 0 spiro atoms. The molecule has 1 amide bonds. The van der Waals surface area contributed by atoms with Crippen LogP contribution in [0.2, 0.25) is 0 Å². The molecule has 0 bridgehead atoms. The van der Waals surface area contributed by atoms with E-state index in [1.807, 2.05) is 6.07 Å². The van der Waals surface area contributed by atoms with Crippen molar-refractivity contribution in [3.63, 3.8) is 0 Å². The van der Waals surface area contributed by atoms with Crippen LogP contribution in [0.1, 0.15) is 12.5 Å². The first-order chi connectivity index (χ1) is 9.10. The largest absolute Gasteiger partial charge is 0.493 e. The van der Waals surface area contributed by atoms with Crippen LogP contribution < -0.4 is 14.8 Å². The Morgan fingerprint density at radius 3 is 2.58 bits per heavy atom. The predicted octanol–water partition coefficient (Wildman–Crippen LogP) is 1.20. The average molecular weight is 265 g/mol. The second kappa shape index (κ2) is 7.41. The zero-order valence-electron chi connectivity index (χ0n) is 11.4. The molecule has 0 aliphatic rings. The molecule has 19 heavy (non-hydrogen) atoms. The number of rotatable bonds is 7. The van der Waals surface area contributed by atoms with E-state index in [1.165, 1.54) is 0 Å². The summed E-state index contributed by atoms with van der Waals surface area (Å²) in [5, 5.41) is 2.71. The van der Waals surface area contributed by atoms with Gasteiger partial charge in [0.2, 0.25) is 5.91 Å². The molecule has 5 nitrogen and oxygen atoms in total. The number of hydrogen-bond acceptors (Lipinski definition) is 4. The maximum absolute atomic E-state index is 11.7. The lowest BCUT2D eigenvalue weighted by Crippen LogP contribution is -2.30. The fourth-order valence-corrected chi connectivity index (χ4v) is 1.56. The molecule has 1 rings (SSSR count). The monoisotopic (exact) mass is 265 g/mol. The third-order valence-electron chi connectivity index (χ3n) is 2.67. The molecule has 1 aromatic rings. The number of carbonyl (C=O) groups is 2. The lowest BCUT2D eigenvalue weighted by atomic mass is 10.1. The lowest BCUT2D eigenvalue weighted by molar-refractivity contribution is -0.120. The van der Waals surface area contributed by atoms with Gasteiger partial charge in [0.25, 0.3) is 0 Å². The normalized spacial score (nSPS) is 11.5. The molecule has 0 saturated heterocycles. The van der Waals surface area contributed by atoms with Crippen molar-refractivity contribution in [3.8, 4) is 11.5 Å². The third-order valence-corrected chi connectivity index (χ3v) is 2.67. The standard InChI is InChI=1S/C14H19NO4/c1-10(9-16)8-15-14(17)7-11-4-5-12(18-2)13(6-11)19-3/h4-6,9-10H,7-8H2,1-3H3,(H,15,17). The SMILES string of the molecule is COc1ccc(CC(=O)NCC(C)C=O)cc1OC. The molecule has 1 atom stereocenters. The summed E-state index contributed by atoms with van der Waals surface area (Å²) < 4.78 is 10.3. The molecule has 5 heteroatoms. The van der Waals surface area contributed by atoms with Crippen molar-refractivity contribution < 1.29 is 19.1 Å². The molecular weight excluding hydrogens is 246 g/mol. The highest BCUT2D eigenvalue weighted by Gasteiger charge is 2.09. The molecule has 0 aliphatic heterocycles. The summed E-state index contributed by atoms with van der Waals surface area (Å²) >= 11 is 0. The van der Waals surface area contributed by atoms with Crippen LogP contribution >= 0.6 is 0 Å². The molecule has 0 fully saturated rings. The quantitative estimate of drug-likeness (QED) is 0.752. The van der Waals surface area contributed by atoms with E-state index in [-0.39, 0.29) is 18.2 Å². The van der Waals surface area contributed by atoms with E-state index < -0.39 is 0 Å². The van der Waals surface area contributed by atoms with Gasteiger partial charge in [-0.05, 0) is 17.7 Å². The smallest absolute Gasteiger partial charge is 0.224 e. The molecular formula is C14H19NO4. The lowest BCUT2D eigenvalue weighted by Gasteiger charge is -2.10. The van der Waals surface area contributed by atoms with Gasteiger partial charge in [-0.25, -0.2) is 0 Å². The Hall–Kier alpha value is -2.04. The second-order valence-electron chi connectivity index (χ2n) is 4.28. The van der Waals surface area contributed by atoms with Crippen molar-refractivity contribution in [3.05, 3.63) is 23.8 Å². The summed E-state index contributed by atoms with van der Waals surface area (Å²) in [6.07, 6.45) is 1.06. The van der Waals surface area contributed by atoms with Gasteiger partial charge in [-0.15, -0.1) is 0 Å². The Balaban J connectivity index is 2.61. The Kier molecular flexibility index (Phi) is 5.85. The molecule has 0 heterocycles. The highest BCUT2D eigenvalue weighted by atomic mass is 16.5. The number of aldehydes is 1.